The fraction of sp³-hybridized carbons (Fsp3) is 0.367. The van der Waals surface area contributed by atoms with Crippen molar-refractivity contribution < 1.29 is 22.7 Å². The summed E-state index contributed by atoms with van der Waals surface area (Å²) in [6.45, 7) is 8.88. The minimum absolute atomic E-state index is 0.0125. The molecule has 1 unspecified atom stereocenters. The minimum Gasteiger partial charge on any atom is -0.481 e. The van der Waals surface area contributed by atoms with Gasteiger partial charge in [0.1, 0.15) is 11.3 Å². The van der Waals surface area contributed by atoms with Crippen LogP contribution in [0.3, 0.4) is 0 Å². The van der Waals surface area contributed by atoms with Crippen LogP contribution in [0.4, 0.5) is 4.39 Å². The third-order valence-electron chi connectivity index (χ3n) is 7.89. The highest BCUT2D eigenvalue weighted by Gasteiger charge is 2.33. The highest BCUT2D eigenvalue weighted by molar-refractivity contribution is 7.89. The van der Waals surface area contributed by atoms with Crippen molar-refractivity contribution in [2.24, 2.45) is 5.92 Å². The Kier molecular flexibility index (Phi) is 7.50. The lowest BCUT2D eigenvalue weighted by atomic mass is 9.84. The topological polar surface area (TPSA) is 105 Å². The molecule has 0 saturated heterocycles. The Hall–Kier alpha value is -3.63. The monoisotopic (exact) mass is 564 g/mol. The van der Waals surface area contributed by atoms with Crippen molar-refractivity contribution in [2.45, 2.75) is 64.4 Å². The Morgan fingerprint density at radius 1 is 1.15 bits per heavy atom. The molecule has 0 amide bonds. The molecular weight excluding hydrogens is 531 g/mol. The maximum atomic E-state index is 14.1. The molecule has 0 radical (unpaired) electrons. The summed E-state index contributed by atoms with van der Waals surface area (Å²) >= 11 is 0. The lowest BCUT2D eigenvalue weighted by molar-refractivity contribution is -0.137. The molecule has 0 aliphatic carbocycles. The first kappa shape index (κ1) is 27.9. The van der Waals surface area contributed by atoms with Gasteiger partial charge < -0.3 is 5.11 Å². The van der Waals surface area contributed by atoms with Gasteiger partial charge in [-0.1, -0.05) is 42.5 Å². The lowest BCUT2D eigenvalue weighted by Crippen LogP contribution is -2.33. The number of benzene rings is 3. The Balaban J connectivity index is 1.56. The molecule has 0 bridgehead atoms. The van der Waals surface area contributed by atoms with E-state index in [-0.39, 0.29) is 23.8 Å². The third-order valence-corrected chi connectivity index (χ3v) is 9.78. The second-order valence-corrected chi connectivity index (χ2v) is 12.7. The number of carboxylic acids is 1. The number of halogens is 1. The van der Waals surface area contributed by atoms with E-state index in [1.165, 1.54) is 10.4 Å². The number of aryl methyl sites for hydroxylation is 3. The van der Waals surface area contributed by atoms with Crippen molar-refractivity contribution in [3.05, 3.63) is 87.7 Å². The van der Waals surface area contributed by atoms with Crippen molar-refractivity contribution >= 4 is 27.0 Å². The first-order valence-electron chi connectivity index (χ1n) is 13.4. The fourth-order valence-corrected chi connectivity index (χ4v) is 7.54. The minimum atomic E-state index is -3.94. The van der Waals surface area contributed by atoms with Gasteiger partial charge in [-0.05, 0) is 84.7 Å². The van der Waals surface area contributed by atoms with Gasteiger partial charge in [-0.3, -0.25) is 4.79 Å². The molecule has 1 aliphatic heterocycles. The molecular formula is C30H33FN4O4S. The van der Waals surface area contributed by atoms with Gasteiger partial charge >= 0.3 is 5.97 Å². The molecule has 40 heavy (non-hydrogen) atoms. The maximum Gasteiger partial charge on any atom is 0.304 e. The molecule has 210 valence electrons. The second-order valence-electron chi connectivity index (χ2n) is 10.7. The van der Waals surface area contributed by atoms with Crippen molar-refractivity contribution in [3.63, 3.8) is 0 Å². The summed E-state index contributed by atoms with van der Waals surface area (Å²) in [6.07, 6.45) is 0.401. The van der Waals surface area contributed by atoms with Crippen LogP contribution < -0.4 is 0 Å². The Labute approximate surface area is 233 Å². The maximum absolute atomic E-state index is 14.1. The molecule has 1 aliphatic rings. The predicted molar refractivity (Wildman–Crippen MR) is 150 cm³/mol. The van der Waals surface area contributed by atoms with Crippen LogP contribution in [-0.4, -0.2) is 45.3 Å². The van der Waals surface area contributed by atoms with Gasteiger partial charge in [0.2, 0.25) is 10.0 Å². The van der Waals surface area contributed by atoms with Gasteiger partial charge in [0.05, 0.1) is 16.8 Å². The average Bonchev–Trinajstić information content (AvgIpc) is 3.30. The second kappa shape index (κ2) is 10.7. The molecule has 2 atom stereocenters. The van der Waals surface area contributed by atoms with Gasteiger partial charge in [-0.25, -0.2) is 17.5 Å². The van der Waals surface area contributed by atoms with Crippen LogP contribution in [0.25, 0.3) is 11.0 Å². The number of nitrogens with zero attached hydrogens (tertiary/aromatic N) is 4. The van der Waals surface area contributed by atoms with Crippen molar-refractivity contribution in [2.75, 3.05) is 6.54 Å². The number of carbonyl (C=O) groups is 1. The molecule has 1 N–H and O–H groups in total. The molecule has 0 saturated carbocycles. The van der Waals surface area contributed by atoms with Crippen LogP contribution >= 0.6 is 0 Å². The summed E-state index contributed by atoms with van der Waals surface area (Å²) in [5.74, 6) is -1.96. The molecule has 2 heterocycles. The number of rotatable bonds is 7. The quantitative estimate of drug-likeness (QED) is 0.331. The van der Waals surface area contributed by atoms with Crippen LogP contribution in [0.1, 0.15) is 59.6 Å². The van der Waals surface area contributed by atoms with E-state index in [1.807, 2.05) is 58.0 Å². The zero-order valence-corrected chi connectivity index (χ0v) is 23.9. The van der Waals surface area contributed by atoms with E-state index in [2.05, 4.69) is 10.3 Å². The Morgan fingerprint density at radius 3 is 2.65 bits per heavy atom. The number of aliphatic carboxylic acids is 1. The van der Waals surface area contributed by atoms with Gasteiger partial charge in [0.15, 0.2) is 0 Å². The SMILES string of the molecule is CCn1nnc2c(C)c(C(CC(=O)O)c3ccc(C)c(CN4C[C@@H](C)Cc5ccc(F)cc5S4(=O)=O)c3)ccc21. The van der Waals surface area contributed by atoms with E-state index in [0.717, 1.165) is 44.9 Å². The largest absolute Gasteiger partial charge is 0.481 e. The number of fused-ring (bicyclic) bond motifs is 2. The molecule has 10 heteroatoms. The van der Waals surface area contributed by atoms with E-state index in [9.17, 15) is 22.7 Å². The zero-order chi connectivity index (χ0) is 28.8. The van der Waals surface area contributed by atoms with Crippen LogP contribution in [0, 0.1) is 25.6 Å². The predicted octanol–water partition coefficient (Wildman–Crippen LogP) is 5.20. The highest BCUT2D eigenvalue weighted by Crippen LogP contribution is 2.35. The average molecular weight is 565 g/mol. The van der Waals surface area contributed by atoms with Crippen LogP contribution in [0.15, 0.2) is 53.4 Å². The van der Waals surface area contributed by atoms with Gasteiger partial charge in [0, 0.05) is 25.6 Å². The summed E-state index contributed by atoms with van der Waals surface area (Å²) in [5, 5.41) is 18.4. The zero-order valence-electron chi connectivity index (χ0n) is 23.1. The van der Waals surface area contributed by atoms with Gasteiger partial charge in [-0.15, -0.1) is 5.10 Å². The van der Waals surface area contributed by atoms with Crippen molar-refractivity contribution in [1.29, 1.82) is 0 Å². The smallest absolute Gasteiger partial charge is 0.304 e. The number of hydrogen-bond donors (Lipinski definition) is 1. The number of aromatic nitrogens is 3. The van der Waals surface area contributed by atoms with Crippen molar-refractivity contribution in [1.82, 2.24) is 19.3 Å². The van der Waals surface area contributed by atoms with E-state index >= 15 is 0 Å². The van der Waals surface area contributed by atoms with Gasteiger partial charge in [0.25, 0.3) is 0 Å². The summed E-state index contributed by atoms with van der Waals surface area (Å²) in [6, 6.07) is 13.5. The summed E-state index contributed by atoms with van der Waals surface area (Å²) in [7, 11) is -3.94. The fourth-order valence-electron chi connectivity index (χ4n) is 5.76. The van der Waals surface area contributed by atoms with Crippen LogP contribution in [-0.2, 0) is 34.3 Å². The normalized spacial score (nSPS) is 17.9. The van der Waals surface area contributed by atoms with Crippen LogP contribution in [0.5, 0.6) is 0 Å². The standard InChI is InChI=1S/C30H33FN4O4S/c1-5-35-27-11-10-25(20(4)30(27)32-33-35)26(15-29(36)37)21-7-6-19(3)23(13-21)17-34-16-18(2)12-22-8-9-24(31)14-28(22)40(34,38)39/h6-11,13-14,18,26H,5,12,15-17H2,1-4H3,(H,36,37)/t18-,26?/m0/s1. The molecule has 1 aromatic heterocycles. The van der Waals surface area contributed by atoms with Crippen molar-refractivity contribution in [3.8, 4) is 0 Å². The van der Waals surface area contributed by atoms with E-state index in [4.69, 9.17) is 0 Å². The Bertz CT molecular complexity index is 1720. The molecule has 0 fully saturated rings. The third kappa shape index (κ3) is 5.13. The summed E-state index contributed by atoms with van der Waals surface area (Å²) in [4.78, 5) is 12.0. The van der Waals surface area contributed by atoms with Gasteiger partial charge in [-0.2, -0.15) is 4.31 Å². The van der Waals surface area contributed by atoms with E-state index < -0.39 is 27.7 Å². The highest BCUT2D eigenvalue weighted by atomic mass is 32.2. The number of sulfonamides is 1. The number of hydrogen-bond acceptors (Lipinski definition) is 5. The van der Waals surface area contributed by atoms with Crippen LogP contribution in [0.2, 0.25) is 0 Å². The summed E-state index contributed by atoms with van der Waals surface area (Å²) < 4.78 is 44.7. The molecule has 3 aromatic carbocycles. The molecule has 4 aromatic rings. The first-order chi connectivity index (χ1) is 19.0. The molecule has 5 rings (SSSR count). The van der Waals surface area contributed by atoms with E-state index in [0.29, 0.717) is 25.1 Å². The van der Waals surface area contributed by atoms with E-state index in [1.54, 1.807) is 10.7 Å². The lowest BCUT2D eigenvalue weighted by Gasteiger charge is -2.25. The molecule has 8 nitrogen and oxygen atoms in total. The summed E-state index contributed by atoms with van der Waals surface area (Å²) in [5.41, 5.74) is 6.40. The number of carboxylic acid groups (broad SMARTS) is 1. The molecule has 0 spiro atoms. The Morgan fingerprint density at radius 2 is 1.93 bits per heavy atom. The first-order valence-corrected chi connectivity index (χ1v) is 14.9.